The summed E-state index contributed by atoms with van der Waals surface area (Å²) < 4.78 is 6.80. The molecule has 0 radical (unpaired) electrons. The van der Waals surface area contributed by atoms with E-state index in [9.17, 15) is 0 Å². The van der Waals surface area contributed by atoms with Crippen LogP contribution < -0.4 is 0 Å². The second-order valence-corrected chi connectivity index (χ2v) is 14.4. The third kappa shape index (κ3) is 3.67. The third-order valence-electron chi connectivity index (χ3n) is 11.4. The van der Waals surface area contributed by atoms with Gasteiger partial charge in [-0.3, -0.25) is 0 Å². The average molecular weight is 637 g/mol. The van der Waals surface area contributed by atoms with Gasteiger partial charge in [-0.25, -0.2) is 0 Å². The lowest BCUT2D eigenvalue weighted by Crippen LogP contribution is -2.14. The molecule has 0 saturated carbocycles. The Hall–Kier alpha value is -6.18. The van der Waals surface area contributed by atoms with Crippen molar-refractivity contribution < 1.29 is 4.42 Å². The molecule has 0 atom stereocenters. The molecule has 1 aliphatic carbocycles. The maximum absolute atomic E-state index is 6.80. The largest absolute Gasteiger partial charge is 0.456 e. The van der Waals surface area contributed by atoms with Gasteiger partial charge in [-0.15, -0.1) is 0 Å². The smallest absolute Gasteiger partial charge is 0.136 e. The average Bonchev–Trinajstić information content (AvgIpc) is 3.63. The van der Waals surface area contributed by atoms with E-state index in [1.165, 1.54) is 87.4 Å². The van der Waals surface area contributed by atoms with Gasteiger partial charge in [0.05, 0.1) is 0 Å². The number of hydrogen-bond donors (Lipinski definition) is 0. The highest BCUT2D eigenvalue weighted by atomic mass is 16.3. The topological polar surface area (TPSA) is 13.1 Å². The van der Waals surface area contributed by atoms with E-state index >= 15 is 0 Å². The fourth-order valence-corrected chi connectivity index (χ4v) is 9.10. The van der Waals surface area contributed by atoms with Crippen LogP contribution in [0.4, 0.5) is 0 Å². The first-order chi connectivity index (χ1) is 24.6. The zero-order chi connectivity index (χ0) is 33.1. The second-order valence-electron chi connectivity index (χ2n) is 14.4. The van der Waals surface area contributed by atoms with Crippen LogP contribution in [0.5, 0.6) is 0 Å². The summed E-state index contributed by atoms with van der Waals surface area (Å²) in [6, 6.07) is 58.0. The molecule has 0 aliphatic heterocycles. The van der Waals surface area contributed by atoms with Crippen LogP contribution >= 0.6 is 0 Å². The van der Waals surface area contributed by atoms with E-state index in [4.69, 9.17) is 4.42 Å². The first kappa shape index (κ1) is 27.7. The van der Waals surface area contributed by atoms with Gasteiger partial charge in [-0.2, -0.15) is 0 Å². The molecule has 0 fully saturated rings. The number of benzene rings is 9. The van der Waals surface area contributed by atoms with Crippen molar-refractivity contribution in [3.8, 4) is 33.4 Å². The van der Waals surface area contributed by atoms with Crippen molar-refractivity contribution in [3.05, 3.63) is 169 Å². The molecule has 0 unspecified atom stereocenters. The van der Waals surface area contributed by atoms with E-state index in [0.29, 0.717) is 0 Å². The Kier molecular flexibility index (Phi) is 5.51. The quantitative estimate of drug-likeness (QED) is 0.172. The number of rotatable bonds is 2. The summed E-state index contributed by atoms with van der Waals surface area (Å²) in [6.07, 6.45) is 0. The van der Waals surface area contributed by atoms with E-state index in [0.717, 1.165) is 22.1 Å². The highest BCUT2D eigenvalue weighted by Crippen LogP contribution is 2.53. The number of furan rings is 1. The lowest BCUT2D eigenvalue weighted by Gasteiger charge is -2.21. The molecule has 50 heavy (non-hydrogen) atoms. The predicted molar refractivity (Wildman–Crippen MR) is 212 cm³/mol. The monoisotopic (exact) mass is 636 g/mol. The van der Waals surface area contributed by atoms with Crippen molar-refractivity contribution in [3.63, 3.8) is 0 Å². The van der Waals surface area contributed by atoms with E-state index in [1.54, 1.807) is 0 Å². The molecule has 9 aromatic carbocycles. The van der Waals surface area contributed by atoms with Crippen molar-refractivity contribution in [2.45, 2.75) is 19.3 Å². The molecule has 0 amide bonds. The zero-order valence-electron chi connectivity index (χ0n) is 27.9. The Balaban J connectivity index is 1.16. The Labute approximate surface area is 290 Å². The molecule has 1 heteroatoms. The first-order valence-electron chi connectivity index (χ1n) is 17.5. The normalized spacial score (nSPS) is 13.6. The third-order valence-corrected chi connectivity index (χ3v) is 11.4. The van der Waals surface area contributed by atoms with Crippen LogP contribution in [0.1, 0.15) is 25.0 Å². The van der Waals surface area contributed by atoms with Crippen LogP contribution in [0, 0.1) is 0 Å². The van der Waals surface area contributed by atoms with Gasteiger partial charge in [0.1, 0.15) is 11.2 Å². The molecule has 1 nitrogen and oxygen atoms in total. The van der Waals surface area contributed by atoms with Crippen LogP contribution in [0.2, 0.25) is 0 Å². The van der Waals surface area contributed by atoms with E-state index in [2.05, 4.69) is 172 Å². The highest BCUT2D eigenvalue weighted by molar-refractivity contribution is 6.24. The van der Waals surface area contributed by atoms with E-state index in [1.807, 2.05) is 0 Å². The predicted octanol–water partition coefficient (Wildman–Crippen LogP) is 13.8. The minimum atomic E-state index is -0.101. The van der Waals surface area contributed by atoms with Crippen LogP contribution in [-0.4, -0.2) is 0 Å². The van der Waals surface area contributed by atoms with Gasteiger partial charge < -0.3 is 4.42 Å². The van der Waals surface area contributed by atoms with Crippen LogP contribution in [0.3, 0.4) is 0 Å². The minimum Gasteiger partial charge on any atom is -0.456 e. The highest BCUT2D eigenvalue weighted by Gasteiger charge is 2.37. The Morgan fingerprint density at radius 2 is 0.940 bits per heavy atom. The summed E-state index contributed by atoms with van der Waals surface area (Å²) in [6.45, 7) is 4.72. The zero-order valence-corrected chi connectivity index (χ0v) is 27.9. The summed E-state index contributed by atoms with van der Waals surface area (Å²) in [5, 5.41) is 12.4. The van der Waals surface area contributed by atoms with Crippen molar-refractivity contribution in [1.82, 2.24) is 0 Å². The van der Waals surface area contributed by atoms with Crippen molar-refractivity contribution >= 4 is 65.0 Å². The van der Waals surface area contributed by atoms with Crippen molar-refractivity contribution in [1.29, 1.82) is 0 Å². The molecule has 1 heterocycles. The summed E-state index contributed by atoms with van der Waals surface area (Å²) in [5.74, 6) is 0. The first-order valence-corrected chi connectivity index (χ1v) is 17.5. The fraction of sp³-hybridized carbons (Fsp3) is 0.0612. The lowest BCUT2D eigenvalue weighted by molar-refractivity contribution is 0.658. The van der Waals surface area contributed by atoms with E-state index in [-0.39, 0.29) is 5.41 Å². The van der Waals surface area contributed by atoms with Crippen LogP contribution in [-0.2, 0) is 5.41 Å². The van der Waals surface area contributed by atoms with E-state index < -0.39 is 0 Å². The molecule has 0 N–H and O–H groups in total. The standard InChI is InChI=1S/C49H32O/c1-49(2)42-25-23-30-13-4-6-16-33(30)48(42)41-28-45-40(27-43(41)49)34-24-22-31(26-44(34)50-45)46-36-17-7-9-19-38(36)47(39-20-10-8-18-37(39)46)35-21-11-14-29-12-3-5-15-32(29)35/h3-28H,1-2H3. The van der Waals surface area contributed by atoms with Crippen molar-refractivity contribution in [2.24, 2.45) is 0 Å². The SMILES string of the molecule is CC1(C)c2cc3c(cc2-c2c1ccc1ccccc21)oc1cc(-c2c4ccccc4c(-c4cccc5ccccc45)c4ccccc24)ccc13. The molecule has 234 valence electrons. The van der Waals surface area contributed by atoms with Gasteiger partial charge in [0.25, 0.3) is 0 Å². The van der Waals surface area contributed by atoms with Gasteiger partial charge >= 0.3 is 0 Å². The van der Waals surface area contributed by atoms with Gasteiger partial charge in [0, 0.05) is 16.2 Å². The summed E-state index contributed by atoms with van der Waals surface area (Å²) in [7, 11) is 0. The minimum absolute atomic E-state index is 0.101. The Bertz CT molecular complexity index is 3000. The second kappa shape index (κ2) is 9.94. The molecular formula is C49H32O. The molecule has 1 aromatic heterocycles. The number of hydrogen-bond acceptors (Lipinski definition) is 1. The van der Waals surface area contributed by atoms with Gasteiger partial charge in [-0.1, -0.05) is 147 Å². The molecule has 0 spiro atoms. The van der Waals surface area contributed by atoms with Gasteiger partial charge in [0.2, 0.25) is 0 Å². The molecular weight excluding hydrogens is 605 g/mol. The molecule has 1 aliphatic rings. The lowest BCUT2D eigenvalue weighted by atomic mass is 9.81. The van der Waals surface area contributed by atoms with Crippen molar-refractivity contribution in [2.75, 3.05) is 0 Å². The Morgan fingerprint density at radius 3 is 1.66 bits per heavy atom. The number of fused-ring (bicyclic) bond motifs is 11. The van der Waals surface area contributed by atoms with Crippen LogP contribution in [0.25, 0.3) is 98.4 Å². The van der Waals surface area contributed by atoms with Crippen LogP contribution in [0.15, 0.2) is 162 Å². The summed E-state index contributed by atoms with van der Waals surface area (Å²) in [5.41, 5.74) is 12.1. The molecule has 0 saturated heterocycles. The molecule has 10 aromatic rings. The van der Waals surface area contributed by atoms with Gasteiger partial charge in [0.15, 0.2) is 0 Å². The molecule has 11 rings (SSSR count). The fourth-order valence-electron chi connectivity index (χ4n) is 9.10. The molecule has 0 bridgehead atoms. The summed E-state index contributed by atoms with van der Waals surface area (Å²) in [4.78, 5) is 0. The maximum atomic E-state index is 6.80. The maximum Gasteiger partial charge on any atom is 0.136 e. The summed E-state index contributed by atoms with van der Waals surface area (Å²) >= 11 is 0. The van der Waals surface area contributed by atoms with Gasteiger partial charge in [-0.05, 0) is 112 Å². The Morgan fingerprint density at radius 1 is 0.360 bits per heavy atom.